The van der Waals surface area contributed by atoms with E-state index in [2.05, 4.69) is 10.6 Å². The molecule has 0 saturated carbocycles. The van der Waals surface area contributed by atoms with E-state index in [-0.39, 0.29) is 11.4 Å². The molecule has 2 aromatic rings. The Morgan fingerprint density at radius 2 is 1.92 bits per heavy atom. The Balaban J connectivity index is 2.18. The molecule has 26 heavy (non-hydrogen) atoms. The second-order valence-corrected chi connectivity index (χ2v) is 4.80. The van der Waals surface area contributed by atoms with Crippen LogP contribution < -0.4 is 10.6 Å². The van der Waals surface area contributed by atoms with Crippen molar-refractivity contribution < 1.29 is 22.9 Å². The zero-order valence-corrected chi connectivity index (χ0v) is 12.8. The minimum absolute atomic E-state index is 0.0596. The predicted molar refractivity (Wildman–Crippen MR) is 85.4 cm³/mol. The van der Waals surface area contributed by atoms with Crippen LogP contribution >= 0.6 is 0 Å². The Bertz CT molecular complexity index is 954. The molecule has 0 radical (unpaired) electrons. The third-order valence-electron chi connectivity index (χ3n) is 3.09. The van der Waals surface area contributed by atoms with Crippen LogP contribution in [0.5, 0.6) is 0 Å². The van der Waals surface area contributed by atoms with E-state index in [1.807, 2.05) is 0 Å². The number of halogens is 3. The topological polar surface area (TPSA) is 108 Å². The summed E-state index contributed by atoms with van der Waals surface area (Å²) < 4.78 is 39.5. The number of rotatable bonds is 5. The van der Waals surface area contributed by atoms with Gasteiger partial charge < -0.3 is 10.6 Å². The van der Waals surface area contributed by atoms with Crippen LogP contribution in [0.25, 0.3) is 0 Å². The fourth-order valence-corrected chi connectivity index (χ4v) is 1.83. The minimum Gasteiger partial charge on any atom is -0.358 e. The van der Waals surface area contributed by atoms with Crippen LogP contribution in [0.1, 0.15) is 0 Å². The first-order chi connectivity index (χ1) is 12.3. The van der Waals surface area contributed by atoms with E-state index in [9.17, 15) is 28.1 Å². The maximum absolute atomic E-state index is 13.5. The first kappa shape index (κ1) is 18.5. The van der Waals surface area contributed by atoms with Crippen molar-refractivity contribution in [1.82, 2.24) is 0 Å². The molecular formula is C16H9F3N4O3. The predicted octanol–water partition coefficient (Wildman–Crippen LogP) is 3.47. The highest BCUT2D eigenvalue weighted by Crippen LogP contribution is 2.20. The number of nitriles is 1. The van der Waals surface area contributed by atoms with Gasteiger partial charge in [-0.05, 0) is 18.2 Å². The highest BCUT2D eigenvalue weighted by molar-refractivity contribution is 6.06. The fraction of sp³-hybridized carbons (Fsp3) is 0. The van der Waals surface area contributed by atoms with Gasteiger partial charge in [0, 0.05) is 24.0 Å². The lowest BCUT2D eigenvalue weighted by molar-refractivity contribution is -0.384. The van der Waals surface area contributed by atoms with Crippen molar-refractivity contribution in [3.05, 3.63) is 75.7 Å². The third kappa shape index (κ3) is 4.15. The number of nitrogens with one attached hydrogen (secondary N) is 2. The molecule has 0 heterocycles. The molecule has 0 bridgehead atoms. The van der Waals surface area contributed by atoms with Crippen LogP contribution in [0.4, 0.5) is 30.2 Å². The number of amides is 1. The number of anilines is 2. The third-order valence-corrected chi connectivity index (χ3v) is 3.09. The van der Waals surface area contributed by atoms with Crippen LogP contribution in [0.2, 0.25) is 0 Å². The average Bonchev–Trinajstić information content (AvgIpc) is 2.62. The smallest absolute Gasteiger partial charge is 0.271 e. The highest BCUT2D eigenvalue weighted by Gasteiger charge is 2.15. The minimum atomic E-state index is -1.71. The summed E-state index contributed by atoms with van der Waals surface area (Å²) in [6.45, 7) is 0. The monoisotopic (exact) mass is 362 g/mol. The molecule has 0 saturated heterocycles. The van der Waals surface area contributed by atoms with Gasteiger partial charge in [-0.2, -0.15) is 5.26 Å². The van der Waals surface area contributed by atoms with Gasteiger partial charge in [-0.3, -0.25) is 14.9 Å². The SMILES string of the molecule is N#C/C(=C/Nc1ccc(F)c(F)c1F)C(=O)Nc1cccc([N+](=O)[O-])c1. The molecule has 0 unspecified atom stereocenters. The van der Waals surface area contributed by atoms with Crippen LogP contribution in [0.15, 0.2) is 48.2 Å². The molecule has 0 fully saturated rings. The second kappa shape index (κ2) is 7.80. The van der Waals surface area contributed by atoms with Gasteiger partial charge in [0.1, 0.15) is 11.6 Å². The summed E-state index contributed by atoms with van der Waals surface area (Å²) in [5, 5.41) is 24.2. The Labute approximate surface area is 144 Å². The average molecular weight is 362 g/mol. The molecule has 0 aliphatic heterocycles. The summed E-state index contributed by atoms with van der Waals surface area (Å²) >= 11 is 0. The van der Waals surface area contributed by atoms with Crippen molar-refractivity contribution in [3.8, 4) is 6.07 Å². The molecule has 0 aliphatic carbocycles. The molecule has 132 valence electrons. The molecule has 1 amide bonds. The lowest BCUT2D eigenvalue weighted by Gasteiger charge is -2.06. The van der Waals surface area contributed by atoms with E-state index in [0.717, 1.165) is 18.3 Å². The number of non-ortho nitro benzene ring substituents is 1. The van der Waals surface area contributed by atoms with Crippen LogP contribution in [0.3, 0.4) is 0 Å². The molecule has 0 aromatic heterocycles. The first-order valence-electron chi connectivity index (χ1n) is 6.89. The number of carbonyl (C=O) groups excluding carboxylic acids is 1. The van der Waals surface area contributed by atoms with Gasteiger partial charge in [-0.15, -0.1) is 0 Å². The standard InChI is InChI=1S/C16H9F3N4O3/c17-12-4-5-13(15(19)14(12)18)21-8-9(7-20)16(24)22-10-2-1-3-11(6-10)23(25)26/h1-6,8,21H,(H,22,24)/b9-8-. The summed E-state index contributed by atoms with van der Waals surface area (Å²) in [5.74, 6) is -5.55. The van der Waals surface area contributed by atoms with Crippen molar-refractivity contribution in [3.63, 3.8) is 0 Å². The van der Waals surface area contributed by atoms with Gasteiger partial charge in [0.2, 0.25) is 0 Å². The Morgan fingerprint density at radius 3 is 2.58 bits per heavy atom. The van der Waals surface area contributed by atoms with Crippen molar-refractivity contribution in [2.45, 2.75) is 0 Å². The highest BCUT2D eigenvalue weighted by atomic mass is 19.2. The largest absolute Gasteiger partial charge is 0.358 e. The molecule has 10 heteroatoms. The number of hydrogen-bond donors (Lipinski definition) is 2. The number of hydrogen-bond acceptors (Lipinski definition) is 5. The molecule has 2 rings (SSSR count). The van der Waals surface area contributed by atoms with Crippen LogP contribution in [-0.2, 0) is 4.79 Å². The summed E-state index contributed by atoms with van der Waals surface area (Å²) in [6.07, 6.45) is 0.794. The molecule has 0 aliphatic rings. The van der Waals surface area contributed by atoms with E-state index in [4.69, 9.17) is 5.26 Å². The maximum atomic E-state index is 13.5. The lowest BCUT2D eigenvalue weighted by atomic mass is 10.2. The number of nitro groups is 1. The zero-order valence-electron chi connectivity index (χ0n) is 12.8. The Kier molecular flexibility index (Phi) is 5.54. The van der Waals surface area contributed by atoms with Crippen molar-refractivity contribution in [2.24, 2.45) is 0 Å². The van der Waals surface area contributed by atoms with Gasteiger partial charge in [-0.25, -0.2) is 13.2 Å². The normalized spacial score (nSPS) is 10.8. The number of carbonyl (C=O) groups is 1. The van der Waals surface area contributed by atoms with Crippen molar-refractivity contribution in [2.75, 3.05) is 10.6 Å². The lowest BCUT2D eigenvalue weighted by Crippen LogP contribution is -2.14. The fourth-order valence-electron chi connectivity index (χ4n) is 1.83. The van der Waals surface area contributed by atoms with E-state index in [1.54, 1.807) is 0 Å². The quantitative estimate of drug-likeness (QED) is 0.278. The van der Waals surface area contributed by atoms with Gasteiger partial charge in [-0.1, -0.05) is 6.07 Å². The van der Waals surface area contributed by atoms with Gasteiger partial charge >= 0.3 is 0 Å². The van der Waals surface area contributed by atoms with E-state index in [0.29, 0.717) is 6.07 Å². The van der Waals surface area contributed by atoms with Gasteiger partial charge in [0.05, 0.1) is 10.6 Å². The van der Waals surface area contributed by atoms with Crippen molar-refractivity contribution in [1.29, 1.82) is 5.26 Å². The van der Waals surface area contributed by atoms with Gasteiger partial charge in [0.25, 0.3) is 11.6 Å². The molecule has 0 atom stereocenters. The van der Waals surface area contributed by atoms with Crippen LogP contribution in [-0.4, -0.2) is 10.8 Å². The van der Waals surface area contributed by atoms with Crippen molar-refractivity contribution >= 4 is 23.0 Å². The van der Waals surface area contributed by atoms with E-state index in [1.165, 1.54) is 24.3 Å². The zero-order chi connectivity index (χ0) is 19.3. The summed E-state index contributed by atoms with van der Waals surface area (Å²) in [4.78, 5) is 22.0. The molecule has 2 N–H and O–H groups in total. The number of nitrogens with zero attached hydrogens (tertiary/aromatic N) is 2. The Morgan fingerprint density at radius 1 is 1.19 bits per heavy atom. The van der Waals surface area contributed by atoms with E-state index < -0.39 is 39.5 Å². The van der Waals surface area contributed by atoms with Gasteiger partial charge in [0.15, 0.2) is 17.5 Å². The maximum Gasteiger partial charge on any atom is 0.271 e. The summed E-state index contributed by atoms with van der Waals surface area (Å²) in [5.41, 5.74) is -1.22. The summed E-state index contributed by atoms with van der Waals surface area (Å²) in [6, 6.07) is 8.08. The number of benzene rings is 2. The van der Waals surface area contributed by atoms with Crippen LogP contribution in [0, 0.1) is 38.9 Å². The molecule has 2 aromatic carbocycles. The second-order valence-electron chi connectivity index (χ2n) is 4.80. The van der Waals surface area contributed by atoms with E-state index >= 15 is 0 Å². The molecule has 7 nitrogen and oxygen atoms in total. The molecule has 0 spiro atoms. The number of nitro benzene ring substituents is 1. The summed E-state index contributed by atoms with van der Waals surface area (Å²) in [7, 11) is 0. The molecular weight excluding hydrogens is 353 g/mol. The Hall–Kier alpha value is -3.87. The first-order valence-corrected chi connectivity index (χ1v) is 6.89.